The molecule has 0 saturated carbocycles. The van der Waals surface area contributed by atoms with Gasteiger partial charge in [0.15, 0.2) is 5.25 Å². The summed E-state index contributed by atoms with van der Waals surface area (Å²) >= 11 is 0. The average molecular weight is 297 g/mol. The van der Waals surface area contributed by atoms with Crippen LogP contribution in [0, 0.1) is 13.8 Å². The van der Waals surface area contributed by atoms with E-state index in [1.165, 1.54) is 0 Å². The molecule has 1 aromatic carbocycles. The molecule has 1 saturated heterocycles. The van der Waals surface area contributed by atoms with Crippen LogP contribution in [0.1, 0.15) is 11.1 Å². The first-order valence-corrected chi connectivity index (χ1v) is 7.52. The van der Waals surface area contributed by atoms with E-state index in [-0.39, 0.29) is 6.54 Å². The third-order valence-corrected chi connectivity index (χ3v) is 4.63. The summed E-state index contributed by atoms with van der Waals surface area (Å²) in [5, 5.41) is 2.88. The highest BCUT2D eigenvalue weighted by molar-refractivity contribution is 7.94. The van der Waals surface area contributed by atoms with Crippen molar-refractivity contribution in [1.29, 1.82) is 0 Å². The van der Waals surface area contributed by atoms with Crippen molar-refractivity contribution < 1.29 is 18.0 Å². The van der Waals surface area contributed by atoms with E-state index in [9.17, 15) is 18.0 Å². The van der Waals surface area contributed by atoms with Crippen LogP contribution in [0.25, 0.3) is 0 Å². The first-order valence-electron chi connectivity index (χ1n) is 5.97. The third kappa shape index (κ3) is 2.90. The lowest BCUT2D eigenvalue weighted by atomic mass is 10.1. The molecule has 7 nitrogen and oxygen atoms in total. The van der Waals surface area contributed by atoms with Crippen molar-refractivity contribution in [3.8, 4) is 0 Å². The van der Waals surface area contributed by atoms with Crippen LogP contribution >= 0.6 is 0 Å². The number of sulfonamides is 1. The van der Waals surface area contributed by atoms with Crippen molar-refractivity contribution in [3.63, 3.8) is 0 Å². The number of aryl methyl sites for hydroxylation is 2. The Morgan fingerprint density at radius 3 is 2.60 bits per heavy atom. The van der Waals surface area contributed by atoms with Crippen LogP contribution in [-0.4, -0.2) is 32.2 Å². The van der Waals surface area contributed by atoms with Gasteiger partial charge in [-0.15, -0.1) is 0 Å². The summed E-state index contributed by atoms with van der Waals surface area (Å²) in [6.07, 6.45) is 0. The van der Waals surface area contributed by atoms with Crippen molar-refractivity contribution in [2.45, 2.75) is 19.1 Å². The van der Waals surface area contributed by atoms with Crippen LogP contribution in [0.15, 0.2) is 18.2 Å². The van der Waals surface area contributed by atoms with Crippen LogP contribution in [0.4, 0.5) is 10.5 Å². The molecule has 0 spiro atoms. The van der Waals surface area contributed by atoms with Gasteiger partial charge in [0.05, 0.1) is 5.69 Å². The van der Waals surface area contributed by atoms with Crippen LogP contribution in [0.2, 0.25) is 0 Å². The SMILES string of the molecule is Cc1ccc(C)c(NS(=O)(=O)C2CNC(=O)NC2=O)c1. The number of imide groups is 1. The monoisotopic (exact) mass is 297 g/mol. The van der Waals surface area contributed by atoms with Gasteiger partial charge in [-0.3, -0.25) is 14.8 Å². The molecule has 3 N–H and O–H groups in total. The summed E-state index contributed by atoms with van der Waals surface area (Å²) in [5.74, 6) is -0.827. The van der Waals surface area contributed by atoms with Crippen molar-refractivity contribution in [1.82, 2.24) is 10.6 Å². The molecule has 1 fully saturated rings. The van der Waals surface area contributed by atoms with Gasteiger partial charge in [0.1, 0.15) is 0 Å². The zero-order chi connectivity index (χ0) is 14.9. The average Bonchev–Trinajstić information content (AvgIpc) is 2.33. The molecule has 1 heterocycles. The van der Waals surface area contributed by atoms with E-state index in [4.69, 9.17) is 0 Å². The van der Waals surface area contributed by atoms with Crippen LogP contribution in [0.5, 0.6) is 0 Å². The predicted octanol–water partition coefficient (Wildman–Crippen LogP) is 0.253. The van der Waals surface area contributed by atoms with Gasteiger partial charge in [-0.2, -0.15) is 0 Å². The maximum atomic E-state index is 12.2. The van der Waals surface area contributed by atoms with Crippen molar-refractivity contribution in [2.75, 3.05) is 11.3 Å². The second kappa shape index (κ2) is 5.12. The van der Waals surface area contributed by atoms with Gasteiger partial charge >= 0.3 is 6.03 Å². The van der Waals surface area contributed by atoms with E-state index >= 15 is 0 Å². The highest BCUT2D eigenvalue weighted by Gasteiger charge is 2.37. The lowest BCUT2D eigenvalue weighted by Crippen LogP contribution is -2.58. The van der Waals surface area contributed by atoms with Gasteiger partial charge in [-0.05, 0) is 31.0 Å². The van der Waals surface area contributed by atoms with Gasteiger partial charge in [0.25, 0.3) is 0 Å². The lowest BCUT2D eigenvalue weighted by Gasteiger charge is -2.23. The number of nitrogens with one attached hydrogen (secondary N) is 3. The minimum atomic E-state index is -3.93. The van der Waals surface area contributed by atoms with E-state index in [2.05, 4.69) is 10.0 Å². The van der Waals surface area contributed by atoms with Crippen LogP contribution in [0.3, 0.4) is 0 Å². The molecule has 20 heavy (non-hydrogen) atoms. The predicted molar refractivity (Wildman–Crippen MR) is 73.8 cm³/mol. The molecular formula is C12H15N3O4S. The van der Waals surface area contributed by atoms with E-state index in [1.54, 1.807) is 19.1 Å². The highest BCUT2D eigenvalue weighted by atomic mass is 32.2. The summed E-state index contributed by atoms with van der Waals surface area (Å²) in [7, 11) is -3.93. The molecule has 0 aliphatic carbocycles. The Hall–Kier alpha value is -2.09. The van der Waals surface area contributed by atoms with Gasteiger partial charge in [-0.25, -0.2) is 13.2 Å². The summed E-state index contributed by atoms with van der Waals surface area (Å²) in [6, 6.07) is 4.65. The summed E-state index contributed by atoms with van der Waals surface area (Å²) in [5.41, 5.74) is 2.07. The maximum absolute atomic E-state index is 12.2. The zero-order valence-electron chi connectivity index (χ0n) is 11.1. The number of hydrogen-bond acceptors (Lipinski definition) is 4. The molecule has 8 heteroatoms. The number of rotatable bonds is 3. The second-order valence-electron chi connectivity index (χ2n) is 4.65. The summed E-state index contributed by atoms with van der Waals surface area (Å²) in [4.78, 5) is 22.5. The molecule has 108 valence electrons. The van der Waals surface area contributed by atoms with E-state index in [0.717, 1.165) is 11.1 Å². The molecule has 0 bridgehead atoms. The normalized spacial score (nSPS) is 19.2. The van der Waals surface area contributed by atoms with Gasteiger partial charge in [0, 0.05) is 6.54 Å². The number of hydrogen-bond donors (Lipinski definition) is 3. The molecule has 1 aliphatic heterocycles. The molecule has 1 aliphatic rings. The Kier molecular flexibility index (Phi) is 3.67. The highest BCUT2D eigenvalue weighted by Crippen LogP contribution is 2.19. The second-order valence-corrected chi connectivity index (χ2v) is 6.52. The van der Waals surface area contributed by atoms with Gasteiger partial charge in [-0.1, -0.05) is 12.1 Å². The number of carbonyl (C=O) groups excluding carboxylic acids is 2. The molecule has 1 aromatic rings. The topological polar surface area (TPSA) is 104 Å². The fourth-order valence-corrected chi connectivity index (χ4v) is 3.15. The molecular weight excluding hydrogens is 282 g/mol. The number of carbonyl (C=O) groups is 2. The van der Waals surface area contributed by atoms with Crippen molar-refractivity contribution >= 4 is 27.6 Å². The van der Waals surface area contributed by atoms with E-state index in [0.29, 0.717) is 5.69 Å². The number of urea groups is 1. The number of benzene rings is 1. The van der Waals surface area contributed by atoms with Gasteiger partial charge in [0.2, 0.25) is 15.9 Å². The van der Waals surface area contributed by atoms with Crippen LogP contribution in [-0.2, 0) is 14.8 Å². The summed E-state index contributed by atoms with van der Waals surface area (Å²) < 4.78 is 26.8. The first kappa shape index (κ1) is 14.3. The maximum Gasteiger partial charge on any atom is 0.321 e. The number of anilines is 1. The number of amides is 3. The lowest BCUT2D eigenvalue weighted by molar-refractivity contribution is -0.120. The molecule has 3 amide bonds. The Labute approximate surface area is 116 Å². The summed E-state index contributed by atoms with van der Waals surface area (Å²) in [6.45, 7) is 3.36. The van der Waals surface area contributed by atoms with Gasteiger partial charge < -0.3 is 5.32 Å². The fourth-order valence-electron chi connectivity index (χ4n) is 1.84. The third-order valence-electron chi connectivity index (χ3n) is 3.00. The fraction of sp³-hybridized carbons (Fsp3) is 0.333. The largest absolute Gasteiger partial charge is 0.336 e. The molecule has 0 aromatic heterocycles. The minimum Gasteiger partial charge on any atom is -0.336 e. The Bertz CT molecular complexity index is 669. The van der Waals surface area contributed by atoms with E-state index in [1.807, 2.05) is 18.3 Å². The van der Waals surface area contributed by atoms with Crippen molar-refractivity contribution in [2.24, 2.45) is 0 Å². The quantitative estimate of drug-likeness (QED) is 0.744. The first-order chi connectivity index (χ1) is 9.29. The molecule has 1 atom stereocenters. The smallest absolute Gasteiger partial charge is 0.321 e. The molecule has 0 radical (unpaired) electrons. The van der Waals surface area contributed by atoms with Crippen LogP contribution < -0.4 is 15.4 Å². The minimum absolute atomic E-state index is 0.245. The molecule has 2 rings (SSSR count). The molecule has 1 unspecified atom stereocenters. The zero-order valence-corrected chi connectivity index (χ0v) is 11.9. The van der Waals surface area contributed by atoms with E-state index < -0.39 is 27.2 Å². The Balaban J connectivity index is 2.25. The van der Waals surface area contributed by atoms with Crippen molar-refractivity contribution in [3.05, 3.63) is 29.3 Å². The Morgan fingerprint density at radius 1 is 1.25 bits per heavy atom. The standard InChI is InChI=1S/C12H15N3O4S/c1-7-3-4-8(2)9(5-7)15-20(18,19)10-6-13-12(17)14-11(10)16/h3-5,10,15H,6H2,1-2H3,(H2,13,14,16,17). The Morgan fingerprint density at radius 2 is 1.95 bits per heavy atom.